The second-order valence-corrected chi connectivity index (χ2v) is 3.12. The predicted molar refractivity (Wildman–Crippen MR) is 54.6 cm³/mol. The Labute approximate surface area is 87.7 Å². The molecular weight excluding hydrogens is 195 g/mol. The molecule has 0 aliphatic rings. The van der Waals surface area contributed by atoms with Crippen molar-refractivity contribution in [2.45, 2.75) is 19.4 Å². The van der Waals surface area contributed by atoms with Crippen LogP contribution in [-0.2, 0) is 0 Å². The molecule has 1 aromatic heterocycles. The fourth-order valence-corrected chi connectivity index (χ4v) is 1.08. The monoisotopic (exact) mass is 206 g/mol. The van der Waals surface area contributed by atoms with Gasteiger partial charge in [-0.1, -0.05) is 0 Å². The van der Waals surface area contributed by atoms with Gasteiger partial charge < -0.3 is 5.32 Å². The lowest BCUT2D eigenvalue weighted by molar-refractivity contribution is 0.0936. The van der Waals surface area contributed by atoms with Crippen molar-refractivity contribution < 1.29 is 9.18 Å². The number of aromatic nitrogens is 1. The molecule has 0 aliphatic carbocycles. The van der Waals surface area contributed by atoms with Crippen molar-refractivity contribution in [2.75, 3.05) is 0 Å². The third-order valence-corrected chi connectivity index (χ3v) is 1.81. The molecule has 0 aliphatic heterocycles. The number of carbonyl (C=O) groups excluding carboxylic acids is 1. The number of halogens is 1. The minimum absolute atomic E-state index is 0.0682. The zero-order valence-electron chi connectivity index (χ0n) is 8.33. The molecule has 1 aromatic rings. The molecule has 1 rings (SSSR count). The second kappa shape index (κ2) is 5.11. The molecule has 78 valence electrons. The second-order valence-electron chi connectivity index (χ2n) is 3.12. The predicted octanol–water partition coefficient (Wildman–Crippen LogP) is 1.36. The summed E-state index contributed by atoms with van der Waals surface area (Å²) in [4.78, 5) is 14.9. The fourth-order valence-electron chi connectivity index (χ4n) is 1.08. The standard InChI is InChI=1S/C11H11FN2O/c1-3-5-8(2)14-11(15)9-6-4-7-13-10(9)12/h1,4,6-8H,5H2,2H3,(H,14,15). The molecule has 1 atom stereocenters. The van der Waals surface area contributed by atoms with Crippen LogP contribution in [-0.4, -0.2) is 16.9 Å². The molecule has 0 saturated heterocycles. The third kappa shape index (κ3) is 3.06. The van der Waals surface area contributed by atoms with Gasteiger partial charge in [0.25, 0.3) is 5.91 Å². The van der Waals surface area contributed by atoms with E-state index in [1.807, 2.05) is 0 Å². The topological polar surface area (TPSA) is 42.0 Å². The Hall–Kier alpha value is -1.89. The summed E-state index contributed by atoms with van der Waals surface area (Å²) in [6.07, 6.45) is 6.79. The largest absolute Gasteiger partial charge is 0.348 e. The molecule has 0 bridgehead atoms. The number of pyridine rings is 1. The number of nitrogens with one attached hydrogen (secondary N) is 1. The van der Waals surface area contributed by atoms with Crippen LogP contribution in [0.15, 0.2) is 18.3 Å². The number of nitrogens with zero attached hydrogens (tertiary/aromatic N) is 1. The Morgan fingerprint density at radius 1 is 1.80 bits per heavy atom. The van der Waals surface area contributed by atoms with E-state index in [9.17, 15) is 9.18 Å². The first-order valence-electron chi connectivity index (χ1n) is 4.50. The van der Waals surface area contributed by atoms with E-state index in [0.29, 0.717) is 6.42 Å². The minimum atomic E-state index is -0.775. The molecular formula is C11H11FN2O. The van der Waals surface area contributed by atoms with Gasteiger partial charge in [-0.3, -0.25) is 4.79 Å². The van der Waals surface area contributed by atoms with Gasteiger partial charge in [0.15, 0.2) is 0 Å². The smallest absolute Gasteiger partial charge is 0.256 e. The Balaban J connectivity index is 2.70. The highest BCUT2D eigenvalue weighted by Crippen LogP contribution is 2.03. The van der Waals surface area contributed by atoms with E-state index >= 15 is 0 Å². The van der Waals surface area contributed by atoms with Crippen LogP contribution in [0.4, 0.5) is 4.39 Å². The quantitative estimate of drug-likeness (QED) is 0.599. The molecule has 3 nitrogen and oxygen atoms in total. The number of hydrogen-bond acceptors (Lipinski definition) is 2. The number of amides is 1. The summed E-state index contributed by atoms with van der Waals surface area (Å²) < 4.78 is 13.1. The van der Waals surface area contributed by atoms with Gasteiger partial charge in [0.1, 0.15) is 0 Å². The normalized spacial score (nSPS) is 11.5. The maximum atomic E-state index is 13.1. The molecule has 0 aromatic carbocycles. The van der Waals surface area contributed by atoms with Gasteiger partial charge in [-0.05, 0) is 19.1 Å². The first-order chi connectivity index (χ1) is 7.15. The Morgan fingerprint density at radius 3 is 3.13 bits per heavy atom. The van der Waals surface area contributed by atoms with Gasteiger partial charge >= 0.3 is 0 Å². The van der Waals surface area contributed by atoms with Gasteiger partial charge in [-0.15, -0.1) is 12.3 Å². The molecule has 1 heterocycles. The van der Waals surface area contributed by atoms with Gasteiger partial charge in [-0.2, -0.15) is 4.39 Å². The zero-order valence-corrected chi connectivity index (χ0v) is 8.33. The average molecular weight is 206 g/mol. The Kier molecular flexibility index (Phi) is 3.81. The van der Waals surface area contributed by atoms with Crippen LogP contribution in [0.2, 0.25) is 0 Å². The summed E-state index contributed by atoms with van der Waals surface area (Å²) in [6.45, 7) is 1.76. The summed E-state index contributed by atoms with van der Waals surface area (Å²) >= 11 is 0. The zero-order chi connectivity index (χ0) is 11.3. The average Bonchev–Trinajstić information content (AvgIpc) is 2.18. The van der Waals surface area contributed by atoms with E-state index < -0.39 is 11.9 Å². The van der Waals surface area contributed by atoms with Crippen molar-refractivity contribution in [3.63, 3.8) is 0 Å². The molecule has 1 N–H and O–H groups in total. The molecule has 1 unspecified atom stereocenters. The van der Waals surface area contributed by atoms with Crippen LogP contribution in [0, 0.1) is 18.3 Å². The number of rotatable bonds is 3. The molecule has 0 fully saturated rings. The number of hydrogen-bond donors (Lipinski definition) is 1. The van der Waals surface area contributed by atoms with Crippen molar-refractivity contribution in [1.82, 2.24) is 10.3 Å². The number of carbonyl (C=O) groups is 1. The third-order valence-electron chi connectivity index (χ3n) is 1.81. The first-order valence-corrected chi connectivity index (χ1v) is 4.50. The summed E-state index contributed by atoms with van der Waals surface area (Å²) in [6, 6.07) is 2.70. The van der Waals surface area contributed by atoms with Gasteiger partial charge in [0.2, 0.25) is 5.95 Å². The van der Waals surface area contributed by atoms with Crippen molar-refractivity contribution in [2.24, 2.45) is 0 Å². The first kappa shape index (κ1) is 11.2. The van der Waals surface area contributed by atoms with Crippen LogP contribution in [0.25, 0.3) is 0 Å². The lowest BCUT2D eigenvalue weighted by atomic mass is 10.2. The van der Waals surface area contributed by atoms with E-state index in [1.54, 1.807) is 6.92 Å². The van der Waals surface area contributed by atoms with Crippen molar-refractivity contribution >= 4 is 5.91 Å². The molecule has 15 heavy (non-hydrogen) atoms. The van der Waals surface area contributed by atoms with Gasteiger partial charge in [-0.25, -0.2) is 4.98 Å². The summed E-state index contributed by atoms with van der Waals surface area (Å²) in [5.74, 6) is 1.14. The van der Waals surface area contributed by atoms with Gasteiger partial charge in [0, 0.05) is 18.7 Å². The SMILES string of the molecule is C#CCC(C)NC(=O)c1cccnc1F. The molecule has 0 spiro atoms. The maximum absolute atomic E-state index is 13.1. The van der Waals surface area contributed by atoms with Crippen LogP contribution in [0.5, 0.6) is 0 Å². The van der Waals surface area contributed by atoms with Crippen molar-refractivity contribution in [1.29, 1.82) is 0 Å². The molecule has 0 saturated carbocycles. The summed E-state index contributed by atoms with van der Waals surface area (Å²) in [5, 5.41) is 2.58. The van der Waals surface area contributed by atoms with Crippen LogP contribution >= 0.6 is 0 Å². The molecule has 0 radical (unpaired) electrons. The molecule has 4 heteroatoms. The minimum Gasteiger partial charge on any atom is -0.348 e. The fraction of sp³-hybridized carbons (Fsp3) is 0.273. The van der Waals surface area contributed by atoms with Gasteiger partial charge in [0.05, 0.1) is 5.56 Å². The Morgan fingerprint density at radius 2 is 2.53 bits per heavy atom. The highest BCUT2D eigenvalue weighted by atomic mass is 19.1. The van der Waals surface area contributed by atoms with Crippen molar-refractivity contribution in [3.05, 3.63) is 29.8 Å². The van der Waals surface area contributed by atoms with Crippen LogP contribution < -0.4 is 5.32 Å². The highest BCUT2D eigenvalue weighted by Gasteiger charge is 2.13. The number of terminal acetylenes is 1. The highest BCUT2D eigenvalue weighted by molar-refractivity contribution is 5.94. The van der Waals surface area contributed by atoms with E-state index in [1.165, 1.54) is 18.3 Å². The summed E-state index contributed by atoms with van der Waals surface area (Å²) in [7, 11) is 0. The lowest BCUT2D eigenvalue weighted by Crippen LogP contribution is -2.32. The molecule has 1 amide bonds. The van der Waals surface area contributed by atoms with E-state index in [4.69, 9.17) is 6.42 Å². The van der Waals surface area contributed by atoms with E-state index in [-0.39, 0.29) is 11.6 Å². The van der Waals surface area contributed by atoms with Crippen LogP contribution in [0.1, 0.15) is 23.7 Å². The van der Waals surface area contributed by atoms with Crippen LogP contribution in [0.3, 0.4) is 0 Å². The van der Waals surface area contributed by atoms with Crippen molar-refractivity contribution in [3.8, 4) is 12.3 Å². The maximum Gasteiger partial charge on any atom is 0.256 e. The lowest BCUT2D eigenvalue weighted by Gasteiger charge is -2.10. The summed E-state index contributed by atoms with van der Waals surface area (Å²) in [5.41, 5.74) is -0.0682. The van der Waals surface area contributed by atoms with E-state index in [0.717, 1.165) is 0 Å². The van der Waals surface area contributed by atoms with E-state index in [2.05, 4.69) is 16.2 Å². The Bertz CT molecular complexity index is 398.